The summed E-state index contributed by atoms with van der Waals surface area (Å²) in [6.07, 6.45) is 2.53. The predicted octanol–water partition coefficient (Wildman–Crippen LogP) is 3.27. The van der Waals surface area contributed by atoms with E-state index in [-0.39, 0.29) is 36.4 Å². The number of methoxy groups -OCH3 is 1. The summed E-state index contributed by atoms with van der Waals surface area (Å²) in [7, 11) is 1.67. The van der Waals surface area contributed by atoms with E-state index >= 15 is 0 Å². The number of nitrogens with zero attached hydrogens (tertiary/aromatic N) is 1. The summed E-state index contributed by atoms with van der Waals surface area (Å²) in [4.78, 5) is 16.3. The molecule has 29 heavy (non-hydrogen) atoms. The number of benzene rings is 1. The molecule has 2 rings (SSSR count). The molecule has 0 spiro atoms. The van der Waals surface area contributed by atoms with Gasteiger partial charge in [-0.1, -0.05) is 19.1 Å². The maximum Gasteiger partial charge on any atom is 0.242 e. The number of furan rings is 1. The van der Waals surface area contributed by atoms with E-state index in [4.69, 9.17) is 9.15 Å². The number of hydrogen-bond donors (Lipinski definition) is 3. The summed E-state index contributed by atoms with van der Waals surface area (Å²) in [6, 6.07) is 11.7. The van der Waals surface area contributed by atoms with Crippen LogP contribution in [0.4, 0.5) is 0 Å². The van der Waals surface area contributed by atoms with Crippen molar-refractivity contribution in [1.29, 1.82) is 0 Å². The van der Waals surface area contributed by atoms with Crippen LogP contribution in [0.5, 0.6) is 5.75 Å². The van der Waals surface area contributed by atoms with Gasteiger partial charge in [-0.15, -0.1) is 24.0 Å². The van der Waals surface area contributed by atoms with Crippen LogP contribution in [0.2, 0.25) is 0 Å². The van der Waals surface area contributed by atoms with Crippen molar-refractivity contribution in [3.05, 3.63) is 54.0 Å². The van der Waals surface area contributed by atoms with Gasteiger partial charge in [0.05, 0.1) is 19.9 Å². The average molecular weight is 514 g/mol. The molecule has 1 aromatic carbocycles. The van der Waals surface area contributed by atoms with Crippen molar-refractivity contribution in [2.24, 2.45) is 4.99 Å². The summed E-state index contributed by atoms with van der Waals surface area (Å²) >= 11 is 0. The van der Waals surface area contributed by atoms with Crippen LogP contribution in [0.15, 0.2) is 52.1 Å². The van der Waals surface area contributed by atoms with Crippen LogP contribution in [0, 0.1) is 0 Å². The van der Waals surface area contributed by atoms with E-state index in [0.29, 0.717) is 18.4 Å². The standard InChI is InChI=1S/C21H30N4O3.HI/c1-4-22-21(25-15-20(26)24-14-19-6-5-13-28-19)23-12-11-16(2)17-7-9-18(27-3)10-8-17;/h5-10,13,16H,4,11-12,14-15H2,1-3H3,(H,24,26)(H2,22,23,25);1H. The first-order chi connectivity index (χ1) is 13.6. The van der Waals surface area contributed by atoms with Gasteiger partial charge < -0.3 is 25.1 Å². The Morgan fingerprint density at radius 1 is 1.17 bits per heavy atom. The molecule has 1 aromatic heterocycles. The van der Waals surface area contributed by atoms with E-state index in [1.54, 1.807) is 19.4 Å². The number of guanidine groups is 1. The zero-order valence-corrected chi connectivity index (χ0v) is 19.6. The maximum atomic E-state index is 11.9. The quantitative estimate of drug-likeness (QED) is 0.258. The van der Waals surface area contributed by atoms with Gasteiger partial charge in [0, 0.05) is 13.1 Å². The summed E-state index contributed by atoms with van der Waals surface area (Å²) in [5, 5.41) is 9.23. The van der Waals surface area contributed by atoms with Crippen molar-refractivity contribution < 1.29 is 13.9 Å². The predicted molar refractivity (Wildman–Crippen MR) is 126 cm³/mol. The van der Waals surface area contributed by atoms with E-state index < -0.39 is 0 Å². The molecule has 0 bridgehead atoms. The van der Waals surface area contributed by atoms with E-state index in [0.717, 1.165) is 31.0 Å². The fourth-order valence-electron chi connectivity index (χ4n) is 2.65. The normalized spacial score (nSPS) is 11.9. The number of aliphatic imine (C=N–C) groups is 1. The summed E-state index contributed by atoms with van der Waals surface area (Å²) < 4.78 is 10.4. The SMILES string of the molecule is CCNC(=NCC(=O)NCc1ccco1)NCCC(C)c1ccc(OC)cc1.I. The van der Waals surface area contributed by atoms with Crippen LogP contribution in [0.25, 0.3) is 0 Å². The van der Waals surface area contributed by atoms with Crippen molar-refractivity contribution in [2.45, 2.75) is 32.7 Å². The third-order valence-electron chi connectivity index (χ3n) is 4.32. The van der Waals surface area contributed by atoms with Crippen LogP contribution < -0.4 is 20.7 Å². The molecule has 1 heterocycles. The largest absolute Gasteiger partial charge is 0.497 e. The number of carbonyl (C=O) groups excluding carboxylic acids is 1. The smallest absolute Gasteiger partial charge is 0.242 e. The first-order valence-electron chi connectivity index (χ1n) is 9.57. The summed E-state index contributed by atoms with van der Waals surface area (Å²) in [5.74, 6) is 2.46. The minimum Gasteiger partial charge on any atom is -0.497 e. The van der Waals surface area contributed by atoms with E-state index in [2.05, 4.69) is 40.0 Å². The second kappa shape index (κ2) is 13.9. The van der Waals surface area contributed by atoms with E-state index in [1.165, 1.54) is 5.56 Å². The van der Waals surface area contributed by atoms with Crippen LogP contribution in [0.1, 0.15) is 37.5 Å². The van der Waals surface area contributed by atoms with Gasteiger partial charge in [0.1, 0.15) is 18.1 Å². The third-order valence-corrected chi connectivity index (χ3v) is 4.32. The van der Waals surface area contributed by atoms with Crippen LogP contribution in [0.3, 0.4) is 0 Å². The molecular formula is C21H31IN4O3. The van der Waals surface area contributed by atoms with Crippen molar-refractivity contribution >= 4 is 35.8 Å². The minimum absolute atomic E-state index is 0. The van der Waals surface area contributed by atoms with Crippen LogP contribution in [-0.4, -0.2) is 38.6 Å². The molecular weight excluding hydrogens is 483 g/mol. The molecule has 0 saturated carbocycles. The minimum atomic E-state index is -0.153. The fourth-order valence-corrected chi connectivity index (χ4v) is 2.65. The van der Waals surface area contributed by atoms with Crippen LogP contribution in [-0.2, 0) is 11.3 Å². The Hall–Kier alpha value is -2.23. The van der Waals surface area contributed by atoms with Crippen molar-refractivity contribution in [2.75, 3.05) is 26.7 Å². The molecule has 0 fully saturated rings. The van der Waals surface area contributed by atoms with E-state index in [1.807, 2.05) is 25.1 Å². The van der Waals surface area contributed by atoms with Gasteiger partial charge in [0.25, 0.3) is 0 Å². The monoisotopic (exact) mass is 514 g/mol. The number of halogens is 1. The van der Waals surface area contributed by atoms with Gasteiger partial charge in [0.2, 0.25) is 5.91 Å². The molecule has 0 aliphatic carbocycles. The van der Waals surface area contributed by atoms with Crippen molar-refractivity contribution in [1.82, 2.24) is 16.0 Å². The van der Waals surface area contributed by atoms with Gasteiger partial charge >= 0.3 is 0 Å². The number of rotatable bonds is 10. The Bertz CT molecular complexity index is 733. The van der Waals surface area contributed by atoms with Gasteiger partial charge in [-0.2, -0.15) is 0 Å². The van der Waals surface area contributed by atoms with Gasteiger partial charge in [0.15, 0.2) is 5.96 Å². The zero-order valence-electron chi connectivity index (χ0n) is 17.2. The number of ether oxygens (including phenoxy) is 1. The Balaban J connectivity index is 0.00000420. The number of carbonyl (C=O) groups is 1. The Morgan fingerprint density at radius 2 is 1.93 bits per heavy atom. The highest BCUT2D eigenvalue weighted by molar-refractivity contribution is 14.0. The number of amides is 1. The summed E-state index contributed by atoms with van der Waals surface area (Å²) in [5.41, 5.74) is 1.27. The molecule has 0 aliphatic rings. The fraction of sp³-hybridized carbons (Fsp3) is 0.429. The third kappa shape index (κ3) is 9.21. The molecule has 0 radical (unpaired) electrons. The van der Waals surface area contributed by atoms with Gasteiger partial charge in [-0.3, -0.25) is 4.79 Å². The molecule has 8 heteroatoms. The topological polar surface area (TPSA) is 87.9 Å². The molecule has 0 saturated heterocycles. The lowest BCUT2D eigenvalue weighted by molar-refractivity contribution is -0.119. The van der Waals surface area contributed by atoms with Crippen molar-refractivity contribution in [3.8, 4) is 5.75 Å². The highest BCUT2D eigenvalue weighted by Crippen LogP contribution is 2.21. The molecule has 7 nitrogen and oxygen atoms in total. The number of nitrogens with one attached hydrogen (secondary N) is 3. The lowest BCUT2D eigenvalue weighted by Gasteiger charge is -2.15. The second-order valence-electron chi connectivity index (χ2n) is 6.44. The van der Waals surface area contributed by atoms with Gasteiger partial charge in [-0.05, 0) is 49.1 Å². The van der Waals surface area contributed by atoms with Crippen molar-refractivity contribution in [3.63, 3.8) is 0 Å². The molecule has 1 unspecified atom stereocenters. The lowest BCUT2D eigenvalue weighted by atomic mass is 9.98. The van der Waals surface area contributed by atoms with E-state index in [9.17, 15) is 4.79 Å². The van der Waals surface area contributed by atoms with Crippen LogP contribution >= 0.6 is 24.0 Å². The Morgan fingerprint density at radius 3 is 2.55 bits per heavy atom. The summed E-state index contributed by atoms with van der Waals surface area (Å²) in [6.45, 7) is 6.10. The molecule has 2 aromatic rings. The first-order valence-corrected chi connectivity index (χ1v) is 9.57. The Labute approximate surface area is 189 Å². The lowest BCUT2D eigenvalue weighted by Crippen LogP contribution is -2.39. The molecule has 160 valence electrons. The van der Waals surface area contributed by atoms with Gasteiger partial charge in [-0.25, -0.2) is 4.99 Å². The second-order valence-corrected chi connectivity index (χ2v) is 6.44. The zero-order chi connectivity index (χ0) is 20.2. The highest BCUT2D eigenvalue weighted by Gasteiger charge is 2.07. The molecule has 3 N–H and O–H groups in total. The molecule has 0 aliphatic heterocycles. The first kappa shape index (κ1) is 24.8. The molecule has 1 amide bonds. The Kier molecular flexibility index (Phi) is 11.9. The molecule has 1 atom stereocenters. The highest BCUT2D eigenvalue weighted by atomic mass is 127. The average Bonchev–Trinajstić information content (AvgIpc) is 3.24. The maximum absolute atomic E-state index is 11.9. The number of hydrogen-bond acceptors (Lipinski definition) is 4.